The van der Waals surface area contributed by atoms with Crippen LogP contribution in [0.15, 0.2) is 71.4 Å². The van der Waals surface area contributed by atoms with Crippen molar-refractivity contribution in [1.29, 1.82) is 0 Å². The van der Waals surface area contributed by atoms with Crippen molar-refractivity contribution >= 4 is 39.6 Å². The Morgan fingerprint density at radius 1 is 0.667 bits per heavy atom. The maximum absolute atomic E-state index is 12.9. The first kappa shape index (κ1) is 15.9. The highest BCUT2D eigenvalue weighted by atomic mass is 32.2. The monoisotopic (exact) mass is 402 g/mol. The molecule has 3 aliphatic rings. The zero-order valence-electron chi connectivity index (χ0n) is 14.2. The van der Waals surface area contributed by atoms with Gasteiger partial charge in [0.15, 0.2) is 0 Å². The summed E-state index contributed by atoms with van der Waals surface area (Å²) in [6.45, 7) is 0. The Morgan fingerprint density at radius 3 is 1.93 bits per heavy atom. The topological polar surface area (TPSA) is 17.1 Å². The Labute approximate surface area is 169 Å². The van der Waals surface area contributed by atoms with E-state index in [-0.39, 0.29) is 16.3 Å². The number of carbonyl (C=O) groups is 1. The lowest BCUT2D eigenvalue weighted by molar-refractivity contribution is -0.111. The van der Waals surface area contributed by atoms with E-state index in [1.807, 2.05) is 0 Å². The van der Waals surface area contributed by atoms with E-state index in [1.54, 1.807) is 22.7 Å². The molecule has 1 aliphatic carbocycles. The number of fused-ring (bicyclic) bond motifs is 1. The van der Waals surface area contributed by atoms with Crippen molar-refractivity contribution in [2.75, 3.05) is 0 Å². The van der Waals surface area contributed by atoms with Crippen molar-refractivity contribution in [1.82, 2.24) is 0 Å². The Hall–Kier alpha value is -2.14. The molecule has 0 amide bonds. The van der Waals surface area contributed by atoms with E-state index in [9.17, 15) is 4.79 Å². The van der Waals surface area contributed by atoms with Gasteiger partial charge in [-0.05, 0) is 68.4 Å². The average molecular weight is 403 g/mol. The fourth-order valence-corrected chi connectivity index (χ4v) is 6.96. The maximum atomic E-state index is 12.9. The first-order valence-corrected chi connectivity index (χ1v) is 11.5. The summed E-state index contributed by atoms with van der Waals surface area (Å²) in [5.74, 6) is -0.137. The fraction of sp³-hybridized carbons (Fsp3) is 0.0870. The lowest BCUT2D eigenvalue weighted by Gasteiger charge is -2.39. The molecule has 0 fully saturated rings. The van der Waals surface area contributed by atoms with E-state index in [0.29, 0.717) is 0 Å². The third-order valence-corrected chi connectivity index (χ3v) is 8.49. The van der Waals surface area contributed by atoms with Crippen LogP contribution < -0.4 is 0 Å². The van der Waals surface area contributed by atoms with Crippen molar-refractivity contribution in [3.8, 4) is 20.9 Å². The second kappa shape index (κ2) is 5.93. The molecule has 0 radical (unpaired) electrons. The quantitative estimate of drug-likeness (QED) is 0.361. The molecule has 27 heavy (non-hydrogen) atoms. The minimum absolute atomic E-state index is 0.116. The summed E-state index contributed by atoms with van der Waals surface area (Å²) in [6, 6.07) is 21.8. The van der Waals surface area contributed by atoms with Crippen molar-refractivity contribution in [2.45, 2.75) is 11.2 Å². The summed E-state index contributed by atoms with van der Waals surface area (Å²) in [7, 11) is 0. The van der Waals surface area contributed by atoms with E-state index >= 15 is 0 Å². The first-order valence-electron chi connectivity index (χ1n) is 8.85. The zero-order chi connectivity index (χ0) is 18.0. The summed E-state index contributed by atoms with van der Waals surface area (Å²) in [4.78, 5) is 15.4. The molecule has 2 atom stereocenters. The standard InChI is InChI=1S/C23H14OS3/c24-23-21-15-7-5-14(20-4-2-10-26-20)12-18(15)22(27-23)16-8-6-13(11-17(16)21)19-3-1-9-25-19/h1-12,21-22H. The highest BCUT2D eigenvalue weighted by Gasteiger charge is 2.43. The number of benzene rings is 2. The predicted octanol–water partition coefficient (Wildman–Crippen LogP) is 6.95. The second-order valence-corrected chi connectivity index (χ2v) is 9.90. The van der Waals surface area contributed by atoms with E-state index < -0.39 is 0 Å². The number of thioether (sulfide) groups is 1. The van der Waals surface area contributed by atoms with Gasteiger partial charge in [-0.2, -0.15) is 0 Å². The van der Waals surface area contributed by atoms with Gasteiger partial charge < -0.3 is 0 Å². The van der Waals surface area contributed by atoms with Crippen LogP contribution in [0, 0.1) is 0 Å². The van der Waals surface area contributed by atoms with Gasteiger partial charge in [-0.15, -0.1) is 22.7 Å². The predicted molar refractivity (Wildman–Crippen MR) is 116 cm³/mol. The molecule has 2 unspecified atom stereocenters. The van der Waals surface area contributed by atoms with E-state index in [4.69, 9.17) is 0 Å². The SMILES string of the molecule is O=C1SC2c3cc(-c4cccs4)ccc3C1c1cc(-c3cccs3)ccc12. The fourth-order valence-electron chi connectivity index (χ4n) is 4.22. The molecule has 0 spiro atoms. The number of thiophene rings is 2. The summed E-state index contributed by atoms with van der Waals surface area (Å²) in [6.07, 6.45) is 0. The van der Waals surface area contributed by atoms with E-state index in [1.165, 1.54) is 54.9 Å². The third-order valence-electron chi connectivity index (χ3n) is 5.44. The molecule has 1 nitrogen and oxygen atoms in total. The smallest absolute Gasteiger partial charge is 0.201 e. The van der Waals surface area contributed by atoms with Crippen LogP contribution in [0.2, 0.25) is 0 Å². The average Bonchev–Trinajstić information content (AvgIpc) is 3.41. The number of hydrogen-bond acceptors (Lipinski definition) is 4. The lowest BCUT2D eigenvalue weighted by Crippen LogP contribution is -2.28. The van der Waals surface area contributed by atoms with Crippen molar-refractivity contribution in [2.24, 2.45) is 0 Å². The maximum Gasteiger partial charge on any atom is 0.201 e. The molecule has 2 aliphatic heterocycles. The molecule has 2 aromatic heterocycles. The molecule has 4 heterocycles. The second-order valence-electron chi connectivity index (χ2n) is 6.89. The van der Waals surface area contributed by atoms with Crippen LogP contribution in [-0.2, 0) is 4.79 Å². The zero-order valence-corrected chi connectivity index (χ0v) is 16.7. The summed E-state index contributed by atoms with van der Waals surface area (Å²) in [5, 5.41) is 4.61. The lowest BCUT2D eigenvalue weighted by atomic mass is 9.76. The summed E-state index contributed by atoms with van der Waals surface area (Å²) < 4.78 is 0. The molecule has 4 aromatic rings. The molecule has 0 N–H and O–H groups in total. The van der Waals surface area contributed by atoms with E-state index in [2.05, 4.69) is 71.4 Å². The summed E-state index contributed by atoms with van der Waals surface area (Å²) >= 11 is 5.00. The van der Waals surface area contributed by atoms with Crippen LogP contribution in [0.3, 0.4) is 0 Å². The molecule has 2 aromatic carbocycles. The first-order chi connectivity index (χ1) is 13.3. The van der Waals surface area contributed by atoms with Gasteiger partial charge >= 0.3 is 0 Å². The largest absolute Gasteiger partial charge is 0.286 e. The van der Waals surface area contributed by atoms with Crippen LogP contribution in [0.5, 0.6) is 0 Å². The summed E-state index contributed by atoms with van der Waals surface area (Å²) in [5.41, 5.74) is 7.48. The highest BCUT2D eigenvalue weighted by Crippen LogP contribution is 2.57. The van der Waals surface area contributed by atoms with E-state index in [0.717, 1.165) is 0 Å². The molecule has 0 saturated carbocycles. The number of rotatable bonds is 2. The third kappa shape index (κ3) is 2.34. The van der Waals surface area contributed by atoms with Crippen molar-refractivity contribution < 1.29 is 4.79 Å². The van der Waals surface area contributed by atoms with Crippen LogP contribution in [-0.4, -0.2) is 5.12 Å². The molecular formula is C23H14OS3. The van der Waals surface area contributed by atoms with Gasteiger partial charge in [-0.25, -0.2) is 0 Å². The van der Waals surface area contributed by atoms with Gasteiger partial charge in [0, 0.05) is 9.75 Å². The minimum Gasteiger partial charge on any atom is -0.286 e. The van der Waals surface area contributed by atoms with Gasteiger partial charge in [0.2, 0.25) is 5.12 Å². The Morgan fingerprint density at radius 2 is 1.30 bits per heavy atom. The minimum atomic E-state index is -0.137. The Bertz CT molecular complexity index is 1170. The van der Waals surface area contributed by atoms with Gasteiger partial charge in [-0.3, -0.25) is 4.79 Å². The Balaban J connectivity index is 1.52. The van der Waals surface area contributed by atoms with Crippen LogP contribution in [0.1, 0.15) is 33.4 Å². The molecule has 7 rings (SSSR count). The molecule has 4 heteroatoms. The van der Waals surface area contributed by atoms with Crippen LogP contribution in [0.4, 0.5) is 0 Å². The number of hydrogen-bond donors (Lipinski definition) is 0. The Kier molecular flexibility index (Phi) is 3.49. The van der Waals surface area contributed by atoms with Gasteiger partial charge in [0.25, 0.3) is 0 Å². The number of carbonyl (C=O) groups excluding carboxylic acids is 1. The molecule has 130 valence electrons. The normalized spacial score (nSPS) is 19.8. The van der Waals surface area contributed by atoms with Crippen LogP contribution >= 0.6 is 34.4 Å². The molecule has 2 bridgehead atoms. The van der Waals surface area contributed by atoms with Crippen LogP contribution in [0.25, 0.3) is 20.9 Å². The van der Waals surface area contributed by atoms with Gasteiger partial charge in [0.05, 0.1) is 11.2 Å². The molecule has 0 saturated heterocycles. The van der Waals surface area contributed by atoms with Gasteiger partial charge in [0.1, 0.15) is 0 Å². The highest BCUT2D eigenvalue weighted by molar-refractivity contribution is 8.14. The van der Waals surface area contributed by atoms with Gasteiger partial charge in [-0.1, -0.05) is 48.2 Å². The van der Waals surface area contributed by atoms with Crippen molar-refractivity contribution in [3.05, 3.63) is 93.7 Å². The molecular weight excluding hydrogens is 388 g/mol. The van der Waals surface area contributed by atoms with Crippen molar-refractivity contribution in [3.63, 3.8) is 0 Å².